The number of oxime groups is 1. The first-order chi connectivity index (χ1) is 15.1. The highest BCUT2D eigenvalue weighted by atomic mass is 32.2. The van der Waals surface area contributed by atoms with E-state index in [-0.39, 0.29) is 18.2 Å². The van der Waals surface area contributed by atoms with Crippen molar-refractivity contribution >= 4 is 32.9 Å². The van der Waals surface area contributed by atoms with Gasteiger partial charge in [0.05, 0.1) is 18.2 Å². The first-order valence-corrected chi connectivity index (χ1v) is 11.1. The Balaban J connectivity index is 2.32. The molecule has 33 heavy (non-hydrogen) atoms. The quantitative estimate of drug-likeness (QED) is 0.137. The number of thioether (sulfide) groups is 1. The average Bonchev–Trinajstić information content (AvgIpc) is 2.70. The Morgan fingerprint density at radius 2 is 1.48 bits per heavy atom. The van der Waals surface area contributed by atoms with E-state index in [1.807, 2.05) is 0 Å². The number of esters is 1. The second-order valence-electron chi connectivity index (χ2n) is 6.49. The van der Waals surface area contributed by atoms with Gasteiger partial charge in [0.25, 0.3) is 0 Å². The van der Waals surface area contributed by atoms with Crippen molar-refractivity contribution < 1.29 is 48.6 Å². The summed E-state index contributed by atoms with van der Waals surface area (Å²) in [6, 6.07) is 6.94. The van der Waals surface area contributed by atoms with Gasteiger partial charge in [0.1, 0.15) is 5.75 Å². The van der Waals surface area contributed by atoms with Crippen molar-refractivity contribution in [2.24, 2.45) is 5.16 Å². The maximum atomic E-state index is 13.0. The molecule has 0 aliphatic rings. The number of rotatable bonds is 5. The molecule has 14 heteroatoms. The number of nitrogens with zero attached hydrogens (tertiary/aromatic N) is 1. The third-order valence-electron chi connectivity index (χ3n) is 3.82. The maximum absolute atomic E-state index is 13.0. The Labute approximate surface area is 188 Å². The average molecular weight is 515 g/mol. The second-order valence-corrected chi connectivity index (χ2v) is 9.11. The zero-order valence-corrected chi connectivity index (χ0v) is 18.5. The summed E-state index contributed by atoms with van der Waals surface area (Å²) in [4.78, 5) is 12.3. The van der Waals surface area contributed by atoms with Gasteiger partial charge in [-0.3, -0.25) is 4.28 Å². The molecule has 2 aromatic carbocycles. The highest BCUT2D eigenvalue weighted by molar-refractivity contribution is 8.15. The van der Waals surface area contributed by atoms with Crippen LogP contribution in [-0.4, -0.2) is 26.5 Å². The Kier molecular flexibility index (Phi) is 8.06. The number of halogens is 6. The molecule has 0 bridgehead atoms. The molecule has 0 amide bonds. The Morgan fingerprint density at radius 1 is 0.970 bits per heavy atom. The Bertz CT molecular complexity index is 1110. The smallest absolute Gasteiger partial charge is 0.416 e. The third kappa shape index (κ3) is 7.96. The highest BCUT2D eigenvalue weighted by Crippen LogP contribution is 2.36. The van der Waals surface area contributed by atoms with Crippen molar-refractivity contribution in [1.29, 1.82) is 0 Å². The first-order valence-electron chi connectivity index (χ1n) is 8.71. The number of methoxy groups -OCH3 is 1. The number of aryl methyl sites for hydroxylation is 1. The summed E-state index contributed by atoms with van der Waals surface area (Å²) in [6.45, 7) is 1.80. The van der Waals surface area contributed by atoms with E-state index in [2.05, 4.69) is 14.2 Å². The monoisotopic (exact) mass is 515 g/mol. The minimum Gasteiger partial charge on any atom is -0.464 e. The van der Waals surface area contributed by atoms with Crippen LogP contribution in [0.5, 0.6) is 0 Å². The minimum absolute atomic E-state index is 0.136. The summed E-state index contributed by atoms with van der Waals surface area (Å²) in [5.74, 6) is -2.44. The van der Waals surface area contributed by atoms with Crippen LogP contribution in [0.3, 0.4) is 0 Å². The molecule has 0 aliphatic carbocycles. The summed E-state index contributed by atoms with van der Waals surface area (Å²) in [5, 5.41) is 2.63. The molecular weight excluding hydrogens is 500 g/mol. The number of ether oxygens (including phenoxy) is 1. The summed E-state index contributed by atoms with van der Waals surface area (Å²) in [6.07, 6.45) is -10.3. The van der Waals surface area contributed by atoms with Gasteiger partial charge in [-0.05, 0) is 42.8 Å². The number of hydrogen-bond acceptors (Lipinski definition) is 7. The third-order valence-corrected chi connectivity index (χ3v) is 5.75. The van der Waals surface area contributed by atoms with Crippen LogP contribution in [0.4, 0.5) is 26.3 Å². The van der Waals surface area contributed by atoms with Crippen LogP contribution in [0.2, 0.25) is 0 Å². The van der Waals surface area contributed by atoms with Crippen LogP contribution < -0.4 is 0 Å². The molecule has 0 saturated carbocycles. The molecule has 180 valence electrons. The van der Waals surface area contributed by atoms with Crippen LogP contribution in [0, 0.1) is 6.92 Å². The van der Waals surface area contributed by atoms with Crippen molar-refractivity contribution in [3.8, 4) is 0 Å². The summed E-state index contributed by atoms with van der Waals surface area (Å²) in [7, 11) is -3.85. The van der Waals surface area contributed by atoms with Crippen LogP contribution in [0.25, 0.3) is 0 Å². The fourth-order valence-electron chi connectivity index (χ4n) is 2.33. The molecular formula is C19H15F6NO5S2. The molecule has 0 unspecified atom stereocenters. The van der Waals surface area contributed by atoms with Gasteiger partial charge in [-0.25, -0.2) is 4.79 Å². The molecule has 0 saturated heterocycles. The van der Waals surface area contributed by atoms with E-state index in [1.54, 1.807) is 31.2 Å². The normalized spacial score (nSPS) is 13.0. The predicted octanol–water partition coefficient (Wildman–Crippen LogP) is 5.16. The molecule has 0 fully saturated rings. The number of hydrogen-bond donors (Lipinski definition) is 0. The van der Waals surface area contributed by atoms with E-state index in [0.29, 0.717) is 16.7 Å². The molecule has 0 spiro atoms. The van der Waals surface area contributed by atoms with E-state index in [9.17, 15) is 39.6 Å². The predicted molar refractivity (Wildman–Crippen MR) is 107 cm³/mol. The minimum atomic E-state index is -5.15. The van der Waals surface area contributed by atoms with Gasteiger partial charge in [-0.15, -0.1) is 0 Å². The summed E-state index contributed by atoms with van der Waals surface area (Å²) < 4.78 is 111. The molecule has 0 atom stereocenters. The van der Waals surface area contributed by atoms with Crippen molar-refractivity contribution in [3.63, 3.8) is 0 Å². The van der Waals surface area contributed by atoms with Crippen molar-refractivity contribution in [2.75, 3.05) is 7.11 Å². The van der Waals surface area contributed by atoms with E-state index in [0.717, 1.165) is 12.7 Å². The van der Waals surface area contributed by atoms with Gasteiger partial charge in [-0.2, -0.15) is 34.8 Å². The van der Waals surface area contributed by atoms with Gasteiger partial charge < -0.3 is 4.74 Å². The second kappa shape index (κ2) is 10.0. The molecule has 2 aromatic rings. The van der Waals surface area contributed by atoms with E-state index >= 15 is 0 Å². The lowest BCUT2D eigenvalue weighted by Crippen LogP contribution is -2.16. The lowest BCUT2D eigenvalue weighted by Gasteiger charge is -2.14. The van der Waals surface area contributed by atoms with Crippen LogP contribution in [0.15, 0.2) is 52.5 Å². The summed E-state index contributed by atoms with van der Waals surface area (Å²) in [5.41, 5.74) is -3.31. The van der Waals surface area contributed by atoms with Gasteiger partial charge in [0.15, 0.2) is 0 Å². The fraction of sp³-hybridized carbons (Fsp3) is 0.263. The number of carbonyl (C=O) groups is 1. The zero-order valence-electron chi connectivity index (χ0n) is 16.8. The molecule has 0 radical (unpaired) electrons. The lowest BCUT2D eigenvalue weighted by atomic mass is 10.1. The summed E-state index contributed by atoms with van der Waals surface area (Å²) >= 11 is 0.677. The van der Waals surface area contributed by atoms with Crippen molar-refractivity contribution in [2.45, 2.75) is 29.9 Å². The van der Waals surface area contributed by atoms with Crippen LogP contribution in [-0.2, 0) is 42.0 Å². The molecule has 2 rings (SSSR count). The van der Waals surface area contributed by atoms with Crippen LogP contribution >= 0.6 is 11.8 Å². The number of benzene rings is 2. The maximum Gasteiger partial charge on any atom is 0.416 e. The van der Waals surface area contributed by atoms with Gasteiger partial charge >= 0.3 is 28.4 Å². The van der Waals surface area contributed by atoms with Crippen molar-refractivity contribution in [3.05, 3.63) is 64.7 Å². The number of alkyl halides is 6. The SMILES string of the molecule is COC(=O)/C(=N/OS(=O)(=O)Cc1cc(C(F)(F)F)cc(C(F)(F)F)c1)Sc1ccc(C)cc1. The van der Waals surface area contributed by atoms with Gasteiger partial charge in [0.2, 0.25) is 5.04 Å². The van der Waals surface area contributed by atoms with E-state index in [1.165, 1.54) is 0 Å². The molecule has 0 N–H and O–H groups in total. The molecule has 0 heterocycles. The largest absolute Gasteiger partial charge is 0.464 e. The van der Waals surface area contributed by atoms with Gasteiger partial charge in [0, 0.05) is 4.90 Å². The lowest BCUT2D eigenvalue weighted by molar-refractivity contribution is -0.143. The zero-order chi connectivity index (χ0) is 25.0. The molecule has 0 aromatic heterocycles. The van der Waals surface area contributed by atoms with Crippen LogP contribution in [0.1, 0.15) is 22.3 Å². The molecule has 0 aliphatic heterocycles. The van der Waals surface area contributed by atoms with E-state index in [4.69, 9.17) is 0 Å². The topological polar surface area (TPSA) is 82.0 Å². The van der Waals surface area contributed by atoms with E-state index < -0.39 is 55.9 Å². The standard InChI is InChI=1S/C19H15F6NO5S2/c1-11-3-5-15(6-4-11)32-16(17(27)30-2)26-31-33(28,29)10-12-7-13(18(20,21)22)9-14(8-12)19(23,24)25/h3-9H,10H2,1-2H3/b26-16-. The van der Waals surface area contributed by atoms with Crippen molar-refractivity contribution in [1.82, 2.24) is 0 Å². The number of carbonyl (C=O) groups excluding carboxylic acids is 1. The molecule has 6 nitrogen and oxygen atoms in total. The fourth-order valence-corrected chi connectivity index (χ4v) is 3.93. The first kappa shape index (κ1) is 26.5. The highest BCUT2D eigenvalue weighted by Gasteiger charge is 2.37. The van der Waals surface area contributed by atoms with Gasteiger partial charge in [-0.1, -0.05) is 34.6 Å². The Morgan fingerprint density at radius 3 is 1.94 bits per heavy atom. The Hall–Kier alpha value is -2.74.